The second kappa shape index (κ2) is 9.14. The van der Waals surface area contributed by atoms with Crippen LogP contribution in [0.2, 0.25) is 0 Å². The number of phenols is 1. The molecule has 1 amide bonds. The van der Waals surface area contributed by atoms with Gasteiger partial charge < -0.3 is 24.8 Å². The number of amides is 1. The number of ether oxygens (including phenoxy) is 2. The van der Waals surface area contributed by atoms with E-state index < -0.39 is 5.92 Å². The van der Waals surface area contributed by atoms with Crippen LogP contribution in [0.15, 0.2) is 39.1 Å². The highest BCUT2D eigenvalue weighted by molar-refractivity contribution is 9.10. The summed E-state index contributed by atoms with van der Waals surface area (Å²) in [6, 6.07) is 3.53. The first kappa shape index (κ1) is 23.8. The minimum absolute atomic E-state index is 0.00148. The van der Waals surface area contributed by atoms with Gasteiger partial charge in [-0.2, -0.15) is 0 Å². The normalized spacial score (nSPS) is 22.8. The molecule has 0 saturated carbocycles. The maximum atomic E-state index is 13.8. The molecule has 2 N–H and O–H groups in total. The lowest BCUT2D eigenvalue weighted by Gasteiger charge is -2.41. The minimum atomic E-state index is -0.545. The number of rotatable bonds is 4. The van der Waals surface area contributed by atoms with E-state index in [0.29, 0.717) is 60.7 Å². The van der Waals surface area contributed by atoms with Crippen LogP contribution in [0.4, 0.5) is 0 Å². The van der Waals surface area contributed by atoms with E-state index in [9.17, 15) is 14.7 Å². The lowest BCUT2D eigenvalue weighted by atomic mass is 9.68. The second-order valence-corrected chi connectivity index (χ2v) is 10.5. The van der Waals surface area contributed by atoms with E-state index in [-0.39, 0.29) is 22.9 Å². The van der Waals surface area contributed by atoms with Crippen molar-refractivity contribution in [2.75, 3.05) is 32.9 Å². The SMILES string of the molecule is CCOc1cc([C@@H]2C(C(=O)N3CCOCC3)=C(C)NC3=C2C(=O)CC(C)(C)C3)cc(Br)c1O. The van der Waals surface area contributed by atoms with E-state index in [1.807, 2.05) is 13.8 Å². The summed E-state index contributed by atoms with van der Waals surface area (Å²) in [4.78, 5) is 29.0. The van der Waals surface area contributed by atoms with Gasteiger partial charge in [-0.3, -0.25) is 9.59 Å². The van der Waals surface area contributed by atoms with E-state index in [1.54, 1.807) is 17.0 Å². The Morgan fingerprint density at radius 3 is 2.67 bits per heavy atom. The van der Waals surface area contributed by atoms with Crippen LogP contribution in [0.5, 0.6) is 11.5 Å². The number of dihydropyridines is 1. The van der Waals surface area contributed by atoms with Gasteiger partial charge in [-0.1, -0.05) is 13.8 Å². The van der Waals surface area contributed by atoms with Crippen LogP contribution in [-0.2, 0) is 14.3 Å². The Kier molecular flexibility index (Phi) is 6.60. The topological polar surface area (TPSA) is 88.1 Å². The molecule has 7 nitrogen and oxygen atoms in total. The van der Waals surface area contributed by atoms with Gasteiger partial charge in [-0.15, -0.1) is 0 Å². The minimum Gasteiger partial charge on any atom is -0.503 e. The van der Waals surface area contributed by atoms with Crippen molar-refractivity contribution in [3.05, 3.63) is 44.7 Å². The number of hydrogen-bond donors (Lipinski definition) is 2. The van der Waals surface area contributed by atoms with Crippen LogP contribution >= 0.6 is 15.9 Å². The van der Waals surface area contributed by atoms with Crippen molar-refractivity contribution in [2.24, 2.45) is 5.41 Å². The fourth-order valence-electron chi connectivity index (χ4n) is 5.02. The predicted molar refractivity (Wildman–Crippen MR) is 128 cm³/mol. The van der Waals surface area contributed by atoms with E-state index in [4.69, 9.17) is 9.47 Å². The first-order valence-corrected chi connectivity index (χ1v) is 12.2. The summed E-state index contributed by atoms with van der Waals surface area (Å²) in [7, 11) is 0. The number of phenolic OH excluding ortho intramolecular Hbond substituents is 1. The fourth-order valence-corrected chi connectivity index (χ4v) is 5.48. The summed E-state index contributed by atoms with van der Waals surface area (Å²) in [5.74, 6) is -0.278. The molecule has 1 saturated heterocycles. The van der Waals surface area contributed by atoms with Crippen molar-refractivity contribution in [2.45, 2.75) is 46.5 Å². The number of allylic oxidation sites excluding steroid dienone is 3. The number of carbonyl (C=O) groups excluding carboxylic acids is 2. The second-order valence-electron chi connectivity index (χ2n) is 9.62. The predicted octanol–water partition coefficient (Wildman–Crippen LogP) is 4.02. The molecule has 3 aliphatic rings. The summed E-state index contributed by atoms with van der Waals surface area (Å²) in [5.41, 5.74) is 3.40. The van der Waals surface area contributed by atoms with Crippen molar-refractivity contribution < 1.29 is 24.2 Å². The molecule has 1 aromatic rings. The Morgan fingerprint density at radius 2 is 2.00 bits per heavy atom. The van der Waals surface area contributed by atoms with Crippen molar-refractivity contribution >= 4 is 27.6 Å². The van der Waals surface area contributed by atoms with E-state index in [0.717, 1.165) is 23.4 Å². The Bertz CT molecular complexity index is 1050. The lowest BCUT2D eigenvalue weighted by Crippen LogP contribution is -2.45. The number of benzene rings is 1. The maximum Gasteiger partial charge on any atom is 0.252 e. The molecule has 1 atom stereocenters. The van der Waals surface area contributed by atoms with Gasteiger partial charge in [-0.25, -0.2) is 0 Å². The molecule has 8 heteroatoms. The molecule has 0 radical (unpaired) electrons. The summed E-state index contributed by atoms with van der Waals surface area (Å²) in [6.45, 7) is 10.3. The Hall–Kier alpha value is -2.32. The summed E-state index contributed by atoms with van der Waals surface area (Å²) < 4.78 is 11.6. The molecule has 2 heterocycles. The highest BCUT2D eigenvalue weighted by atomic mass is 79.9. The highest BCUT2D eigenvalue weighted by Gasteiger charge is 2.44. The van der Waals surface area contributed by atoms with Gasteiger partial charge in [0, 0.05) is 48.0 Å². The number of hydrogen-bond acceptors (Lipinski definition) is 6. The molecule has 0 bridgehead atoms. The third kappa shape index (κ3) is 4.55. The third-order valence-corrected chi connectivity index (χ3v) is 7.06. The van der Waals surface area contributed by atoms with Gasteiger partial charge in [0.1, 0.15) is 0 Å². The number of Topliss-reactive ketones (excluding diaryl/α,β-unsaturated/α-hetero) is 1. The molecule has 33 heavy (non-hydrogen) atoms. The van der Waals surface area contributed by atoms with Gasteiger partial charge >= 0.3 is 0 Å². The Balaban J connectivity index is 1.88. The quantitative estimate of drug-likeness (QED) is 0.625. The Morgan fingerprint density at radius 1 is 1.30 bits per heavy atom. The van der Waals surface area contributed by atoms with Gasteiger partial charge in [0.05, 0.1) is 24.3 Å². The molecule has 1 aromatic carbocycles. The molecule has 1 aliphatic carbocycles. The van der Waals surface area contributed by atoms with Crippen molar-refractivity contribution in [1.29, 1.82) is 0 Å². The molecule has 2 aliphatic heterocycles. The van der Waals surface area contributed by atoms with Crippen LogP contribution in [-0.4, -0.2) is 54.6 Å². The van der Waals surface area contributed by atoms with Crippen molar-refractivity contribution in [3.8, 4) is 11.5 Å². The van der Waals surface area contributed by atoms with Crippen molar-refractivity contribution in [3.63, 3.8) is 0 Å². The third-order valence-electron chi connectivity index (χ3n) is 6.45. The van der Waals surface area contributed by atoms with Crippen LogP contribution in [0.1, 0.15) is 52.0 Å². The summed E-state index contributed by atoms with van der Waals surface area (Å²) in [6.07, 6.45) is 1.14. The summed E-state index contributed by atoms with van der Waals surface area (Å²) >= 11 is 3.43. The average Bonchev–Trinajstić information content (AvgIpc) is 2.75. The molecule has 0 aromatic heterocycles. The fraction of sp³-hybridized carbons (Fsp3) is 0.520. The zero-order valence-corrected chi connectivity index (χ0v) is 21.2. The van der Waals surface area contributed by atoms with Gasteiger partial charge in [-0.05, 0) is 59.3 Å². The molecule has 178 valence electrons. The zero-order valence-electron chi connectivity index (χ0n) is 19.6. The first-order chi connectivity index (χ1) is 15.6. The van der Waals surface area contributed by atoms with Crippen molar-refractivity contribution in [1.82, 2.24) is 10.2 Å². The molecular formula is C25H31BrN2O5. The average molecular weight is 519 g/mol. The lowest BCUT2D eigenvalue weighted by molar-refractivity contribution is -0.131. The van der Waals surface area contributed by atoms with Crippen LogP contribution in [0, 0.1) is 5.41 Å². The van der Waals surface area contributed by atoms with Crippen LogP contribution in [0.25, 0.3) is 0 Å². The molecule has 0 unspecified atom stereocenters. The first-order valence-electron chi connectivity index (χ1n) is 11.4. The van der Waals surface area contributed by atoms with Crippen LogP contribution in [0.3, 0.4) is 0 Å². The van der Waals surface area contributed by atoms with Crippen LogP contribution < -0.4 is 10.1 Å². The molecular weight excluding hydrogens is 488 g/mol. The number of nitrogens with zero attached hydrogens (tertiary/aromatic N) is 1. The van der Waals surface area contributed by atoms with E-state index in [1.165, 1.54) is 0 Å². The number of carbonyl (C=O) groups is 2. The Labute approximate surface area is 202 Å². The molecule has 1 fully saturated rings. The van der Waals surface area contributed by atoms with Gasteiger partial charge in [0.2, 0.25) is 0 Å². The van der Waals surface area contributed by atoms with E-state index in [2.05, 4.69) is 35.1 Å². The number of ketones is 1. The largest absolute Gasteiger partial charge is 0.503 e. The van der Waals surface area contributed by atoms with Gasteiger partial charge in [0.25, 0.3) is 5.91 Å². The monoisotopic (exact) mass is 518 g/mol. The number of morpholine rings is 1. The summed E-state index contributed by atoms with van der Waals surface area (Å²) in [5, 5.41) is 13.9. The molecule has 0 spiro atoms. The number of halogens is 1. The highest BCUT2D eigenvalue weighted by Crippen LogP contribution is 2.49. The number of aromatic hydroxyl groups is 1. The van der Waals surface area contributed by atoms with Gasteiger partial charge in [0.15, 0.2) is 17.3 Å². The van der Waals surface area contributed by atoms with E-state index >= 15 is 0 Å². The zero-order chi connectivity index (χ0) is 23.9. The number of nitrogens with one attached hydrogen (secondary N) is 1. The standard InChI is InChI=1S/C25H31BrN2O5/c1-5-33-19-11-15(10-16(26)23(19)30)21-20(24(31)28-6-8-32-9-7-28)14(2)27-17-12-25(3,4)13-18(29)22(17)21/h10-11,21,27,30H,5-9,12-13H2,1-4H3/t21-/m1/s1. The smallest absolute Gasteiger partial charge is 0.252 e. The molecule has 4 rings (SSSR count). The maximum absolute atomic E-state index is 13.8.